The predicted molar refractivity (Wildman–Crippen MR) is 58.4 cm³/mol. The van der Waals surface area contributed by atoms with Crippen molar-refractivity contribution < 1.29 is 0 Å². The SMILES string of the molecule is Cl.Cl.NCCCC1CCCNC1. The molecule has 0 bridgehead atoms. The van der Waals surface area contributed by atoms with Gasteiger partial charge in [0.2, 0.25) is 0 Å². The molecule has 12 heavy (non-hydrogen) atoms. The first-order valence-electron chi connectivity index (χ1n) is 4.34. The molecule has 2 nitrogen and oxygen atoms in total. The van der Waals surface area contributed by atoms with Crippen LogP contribution in [0.3, 0.4) is 0 Å². The van der Waals surface area contributed by atoms with E-state index < -0.39 is 0 Å². The molecule has 1 aliphatic rings. The van der Waals surface area contributed by atoms with Gasteiger partial charge in [0.05, 0.1) is 0 Å². The smallest absolute Gasteiger partial charge is 0.00205 e. The highest BCUT2D eigenvalue weighted by Crippen LogP contribution is 2.14. The molecule has 1 aliphatic heterocycles. The third-order valence-corrected chi connectivity index (χ3v) is 2.22. The van der Waals surface area contributed by atoms with Gasteiger partial charge in [-0.1, -0.05) is 0 Å². The highest BCUT2D eigenvalue weighted by Gasteiger charge is 2.11. The van der Waals surface area contributed by atoms with E-state index in [0.717, 1.165) is 12.5 Å². The third kappa shape index (κ3) is 6.06. The first kappa shape index (κ1) is 15.0. The van der Waals surface area contributed by atoms with Crippen LogP contribution in [0, 0.1) is 5.92 Å². The Morgan fingerprint density at radius 3 is 2.58 bits per heavy atom. The number of hydrogen-bond acceptors (Lipinski definition) is 2. The molecule has 0 spiro atoms. The molecule has 0 aliphatic carbocycles. The van der Waals surface area contributed by atoms with E-state index in [1.165, 1.54) is 38.8 Å². The van der Waals surface area contributed by atoms with Crippen LogP contribution in [0.5, 0.6) is 0 Å². The van der Waals surface area contributed by atoms with E-state index in [4.69, 9.17) is 5.73 Å². The molecule has 1 rings (SSSR count). The van der Waals surface area contributed by atoms with Crippen LogP contribution in [0.25, 0.3) is 0 Å². The Labute approximate surface area is 87.5 Å². The molecule has 0 amide bonds. The molecule has 0 radical (unpaired) electrons. The number of hydrogen-bond donors (Lipinski definition) is 2. The number of piperidine rings is 1. The van der Waals surface area contributed by atoms with Gasteiger partial charge in [0.25, 0.3) is 0 Å². The lowest BCUT2D eigenvalue weighted by Gasteiger charge is -2.22. The van der Waals surface area contributed by atoms with Crippen LogP contribution in [0.15, 0.2) is 0 Å². The summed E-state index contributed by atoms with van der Waals surface area (Å²) in [6, 6.07) is 0. The summed E-state index contributed by atoms with van der Waals surface area (Å²) in [5.74, 6) is 0.914. The van der Waals surface area contributed by atoms with Crippen molar-refractivity contribution in [3.8, 4) is 0 Å². The summed E-state index contributed by atoms with van der Waals surface area (Å²) >= 11 is 0. The minimum atomic E-state index is 0. The summed E-state index contributed by atoms with van der Waals surface area (Å²) < 4.78 is 0. The normalized spacial score (nSPS) is 22.2. The van der Waals surface area contributed by atoms with Crippen molar-refractivity contribution in [1.29, 1.82) is 0 Å². The second-order valence-corrected chi connectivity index (χ2v) is 3.14. The molecule has 0 aromatic heterocycles. The minimum Gasteiger partial charge on any atom is -0.330 e. The van der Waals surface area contributed by atoms with Crippen LogP contribution in [-0.2, 0) is 0 Å². The van der Waals surface area contributed by atoms with E-state index in [9.17, 15) is 0 Å². The second kappa shape index (κ2) is 9.59. The monoisotopic (exact) mass is 214 g/mol. The fraction of sp³-hybridized carbons (Fsp3) is 1.00. The van der Waals surface area contributed by atoms with E-state index in [0.29, 0.717) is 0 Å². The first-order chi connectivity index (χ1) is 4.93. The van der Waals surface area contributed by atoms with Crippen molar-refractivity contribution in [1.82, 2.24) is 5.32 Å². The lowest BCUT2D eigenvalue weighted by Crippen LogP contribution is -2.29. The maximum atomic E-state index is 5.43. The van der Waals surface area contributed by atoms with Crippen LogP contribution >= 0.6 is 24.8 Å². The highest BCUT2D eigenvalue weighted by molar-refractivity contribution is 5.85. The minimum absolute atomic E-state index is 0. The quantitative estimate of drug-likeness (QED) is 0.749. The molecule has 76 valence electrons. The lowest BCUT2D eigenvalue weighted by atomic mass is 9.95. The predicted octanol–water partition coefficient (Wildman–Crippen LogP) is 1.57. The molecule has 0 aromatic carbocycles. The van der Waals surface area contributed by atoms with E-state index in [1.807, 2.05) is 0 Å². The van der Waals surface area contributed by atoms with Crippen molar-refractivity contribution in [2.45, 2.75) is 25.7 Å². The largest absolute Gasteiger partial charge is 0.330 e. The zero-order valence-electron chi connectivity index (χ0n) is 7.42. The summed E-state index contributed by atoms with van der Waals surface area (Å²) in [5, 5.41) is 3.40. The van der Waals surface area contributed by atoms with Crippen molar-refractivity contribution in [3.05, 3.63) is 0 Å². The molecule has 4 heteroatoms. The number of rotatable bonds is 3. The van der Waals surface area contributed by atoms with Gasteiger partial charge in [-0.15, -0.1) is 24.8 Å². The van der Waals surface area contributed by atoms with Crippen LogP contribution in [0.1, 0.15) is 25.7 Å². The Hall–Kier alpha value is 0.500. The fourth-order valence-corrected chi connectivity index (χ4v) is 1.58. The molecule has 1 atom stereocenters. The van der Waals surface area contributed by atoms with E-state index in [2.05, 4.69) is 5.32 Å². The molecule has 1 fully saturated rings. The van der Waals surface area contributed by atoms with Gasteiger partial charge < -0.3 is 11.1 Å². The van der Waals surface area contributed by atoms with E-state index >= 15 is 0 Å². The van der Waals surface area contributed by atoms with Crippen LogP contribution in [-0.4, -0.2) is 19.6 Å². The average Bonchev–Trinajstić information content (AvgIpc) is 2.03. The Bertz CT molecular complexity index is 85.1. The summed E-state index contributed by atoms with van der Waals surface area (Å²) in [4.78, 5) is 0. The third-order valence-electron chi connectivity index (χ3n) is 2.22. The molecular weight excluding hydrogens is 195 g/mol. The van der Waals surface area contributed by atoms with Crippen LogP contribution in [0.4, 0.5) is 0 Å². The fourth-order valence-electron chi connectivity index (χ4n) is 1.58. The maximum Gasteiger partial charge on any atom is -0.00205 e. The van der Waals surface area contributed by atoms with Crippen molar-refractivity contribution in [3.63, 3.8) is 0 Å². The summed E-state index contributed by atoms with van der Waals surface area (Å²) in [6.07, 6.45) is 5.29. The van der Waals surface area contributed by atoms with Gasteiger partial charge in [0.15, 0.2) is 0 Å². The maximum absolute atomic E-state index is 5.43. The second-order valence-electron chi connectivity index (χ2n) is 3.14. The number of nitrogens with two attached hydrogens (primary N) is 1. The van der Waals surface area contributed by atoms with Crippen molar-refractivity contribution in [2.24, 2.45) is 11.7 Å². The van der Waals surface area contributed by atoms with Gasteiger partial charge in [-0.05, 0) is 51.2 Å². The number of halogens is 2. The topological polar surface area (TPSA) is 38.0 Å². The molecule has 0 saturated carbocycles. The molecule has 1 unspecified atom stereocenters. The van der Waals surface area contributed by atoms with Crippen molar-refractivity contribution >= 4 is 24.8 Å². The van der Waals surface area contributed by atoms with Gasteiger partial charge in [0, 0.05) is 0 Å². The van der Waals surface area contributed by atoms with Gasteiger partial charge in [0.1, 0.15) is 0 Å². The Morgan fingerprint density at radius 1 is 1.33 bits per heavy atom. The first-order valence-corrected chi connectivity index (χ1v) is 4.34. The van der Waals surface area contributed by atoms with E-state index in [-0.39, 0.29) is 24.8 Å². The Kier molecular flexibility index (Phi) is 12.0. The Balaban J connectivity index is 0. The van der Waals surface area contributed by atoms with Crippen LogP contribution < -0.4 is 11.1 Å². The molecular formula is C8H20Cl2N2. The standard InChI is InChI=1S/C8H18N2.2ClH/c9-5-1-3-8-4-2-6-10-7-8;;/h8,10H,1-7,9H2;2*1H. The Morgan fingerprint density at radius 2 is 2.08 bits per heavy atom. The van der Waals surface area contributed by atoms with E-state index in [1.54, 1.807) is 0 Å². The highest BCUT2D eigenvalue weighted by atomic mass is 35.5. The summed E-state index contributed by atoms with van der Waals surface area (Å²) in [6.45, 7) is 3.30. The molecule has 0 aromatic rings. The zero-order chi connectivity index (χ0) is 7.23. The van der Waals surface area contributed by atoms with Gasteiger partial charge in [-0.3, -0.25) is 0 Å². The molecule has 1 heterocycles. The molecule has 1 saturated heterocycles. The van der Waals surface area contributed by atoms with Crippen LogP contribution in [0.2, 0.25) is 0 Å². The lowest BCUT2D eigenvalue weighted by molar-refractivity contribution is 0.352. The summed E-state index contributed by atoms with van der Waals surface area (Å²) in [5.41, 5.74) is 5.43. The van der Waals surface area contributed by atoms with Crippen molar-refractivity contribution in [2.75, 3.05) is 19.6 Å². The summed E-state index contributed by atoms with van der Waals surface area (Å²) in [7, 11) is 0. The molecule has 3 N–H and O–H groups in total. The van der Waals surface area contributed by atoms with Gasteiger partial charge in [-0.25, -0.2) is 0 Å². The number of nitrogens with one attached hydrogen (secondary N) is 1. The average molecular weight is 215 g/mol. The zero-order valence-corrected chi connectivity index (χ0v) is 9.05. The van der Waals surface area contributed by atoms with Gasteiger partial charge in [-0.2, -0.15) is 0 Å². The van der Waals surface area contributed by atoms with Gasteiger partial charge >= 0.3 is 0 Å².